The van der Waals surface area contributed by atoms with Crippen molar-refractivity contribution < 1.29 is 19.4 Å². The molecule has 33 heavy (non-hydrogen) atoms. The molecular weight excluding hydrogens is 447 g/mol. The van der Waals surface area contributed by atoms with E-state index in [1.54, 1.807) is 0 Å². The van der Waals surface area contributed by atoms with Crippen molar-refractivity contribution in [3.05, 3.63) is 47.8 Å². The van der Waals surface area contributed by atoms with Gasteiger partial charge in [0.1, 0.15) is 17.4 Å². The third kappa shape index (κ3) is 5.11. The molecule has 2 aromatic carbocycles. The molecule has 2 unspecified atom stereocenters. The van der Waals surface area contributed by atoms with Crippen LogP contribution in [0.5, 0.6) is 5.75 Å². The Kier molecular flexibility index (Phi) is 7.58. The average Bonchev–Trinajstić information content (AvgIpc) is 2.76. The molecule has 4 rings (SSSR count). The molecule has 3 aromatic rings. The number of aryl methyl sites for hydroxylation is 1. The minimum Gasteiger partial charge on any atom is -0.507 e. The van der Waals surface area contributed by atoms with Crippen LogP contribution in [0.4, 0.5) is 15.0 Å². The van der Waals surface area contributed by atoms with E-state index in [-0.39, 0.29) is 41.5 Å². The Hall–Kier alpha value is -3.13. The van der Waals surface area contributed by atoms with Crippen molar-refractivity contribution in [2.75, 3.05) is 18.0 Å². The number of nitrogens with one attached hydrogen (secondary N) is 1. The average molecular weight is 475 g/mol. The fourth-order valence-electron chi connectivity index (χ4n) is 4.55. The summed E-state index contributed by atoms with van der Waals surface area (Å²) >= 11 is 0. The smallest absolute Gasteiger partial charge is 0.404 e. The number of halogens is 2. The molecule has 7 nitrogen and oxygen atoms in total. The number of phenols is 1. The number of anilines is 1. The summed E-state index contributed by atoms with van der Waals surface area (Å²) in [5.74, 6) is 0.132. The second kappa shape index (κ2) is 10.2. The lowest BCUT2D eigenvalue weighted by molar-refractivity contribution is 0.180. The maximum Gasteiger partial charge on any atom is 0.404 e. The molecule has 1 fully saturated rings. The van der Waals surface area contributed by atoms with Crippen molar-refractivity contribution in [1.29, 1.82) is 0 Å². The van der Waals surface area contributed by atoms with E-state index in [1.807, 2.05) is 32.0 Å². The normalized spacial score (nSPS) is 16.8. The minimum absolute atomic E-state index is 0. The van der Waals surface area contributed by atoms with E-state index in [0.29, 0.717) is 24.3 Å². The number of hydrogen-bond acceptors (Lipinski definition) is 5. The van der Waals surface area contributed by atoms with E-state index in [1.165, 1.54) is 18.2 Å². The van der Waals surface area contributed by atoms with E-state index >= 15 is 0 Å². The van der Waals surface area contributed by atoms with Gasteiger partial charge in [0.2, 0.25) is 0 Å². The summed E-state index contributed by atoms with van der Waals surface area (Å²) in [4.78, 5) is 22.6. The Morgan fingerprint density at radius 3 is 2.79 bits per heavy atom. The highest BCUT2D eigenvalue weighted by Gasteiger charge is 2.29. The van der Waals surface area contributed by atoms with Crippen LogP contribution in [-0.2, 0) is 0 Å². The maximum atomic E-state index is 14.6. The molecule has 2 heterocycles. The van der Waals surface area contributed by atoms with Crippen molar-refractivity contribution in [3.63, 3.8) is 0 Å². The zero-order valence-corrected chi connectivity index (χ0v) is 19.4. The molecule has 2 atom stereocenters. The van der Waals surface area contributed by atoms with Gasteiger partial charge in [-0.15, -0.1) is 12.4 Å². The van der Waals surface area contributed by atoms with Crippen LogP contribution in [0.15, 0.2) is 36.4 Å². The summed E-state index contributed by atoms with van der Waals surface area (Å²) in [6.45, 7) is 5.31. The van der Waals surface area contributed by atoms with Gasteiger partial charge >= 0.3 is 6.09 Å². The second-order valence-corrected chi connectivity index (χ2v) is 8.34. The van der Waals surface area contributed by atoms with E-state index in [4.69, 9.17) is 4.98 Å². The summed E-state index contributed by atoms with van der Waals surface area (Å²) < 4.78 is 14.6. The van der Waals surface area contributed by atoms with Crippen LogP contribution in [0.2, 0.25) is 0 Å². The molecular formula is C24H28ClFN4O3. The van der Waals surface area contributed by atoms with Gasteiger partial charge < -0.3 is 20.4 Å². The number of nitrogens with zero attached hydrogens (tertiary/aromatic N) is 3. The van der Waals surface area contributed by atoms with Gasteiger partial charge in [0.15, 0.2) is 5.82 Å². The number of hydrogen-bond donors (Lipinski definition) is 3. The molecule has 1 amide bonds. The van der Waals surface area contributed by atoms with Crippen molar-refractivity contribution >= 4 is 35.2 Å². The molecule has 0 aliphatic carbocycles. The first kappa shape index (κ1) is 24.5. The third-order valence-electron chi connectivity index (χ3n) is 6.12. The fourth-order valence-corrected chi connectivity index (χ4v) is 4.55. The Morgan fingerprint density at radius 1 is 1.30 bits per heavy atom. The molecule has 0 bridgehead atoms. The quantitative estimate of drug-likeness (QED) is 0.474. The van der Waals surface area contributed by atoms with Crippen molar-refractivity contribution in [2.45, 2.75) is 39.2 Å². The number of aromatic hydroxyl groups is 1. The Morgan fingerprint density at radius 2 is 2.09 bits per heavy atom. The van der Waals surface area contributed by atoms with E-state index < -0.39 is 11.9 Å². The molecule has 176 valence electrons. The van der Waals surface area contributed by atoms with Gasteiger partial charge in [0.05, 0.1) is 11.1 Å². The maximum absolute atomic E-state index is 14.6. The Balaban J connectivity index is 0.00000306. The van der Waals surface area contributed by atoms with Gasteiger partial charge in [-0.25, -0.2) is 19.2 Å². The van der Waals surface area contributed by atoms with Crippen molar-refractivity contribution in [2.24, 2.45) is 5.92 Å². The fraction of sp³-hybridized carbons (Fsp3) is 0.375. The molecule has 3 N–H and O–H groups in total. The highest BCUT2D eigenvalue weighted by atomic mass is 35.5. The zero-order chi connectivity index (χ0) is 22.8. The number of amides is 1. The second-order valence-electron chi connectivity index (χ2n) is 8.34. The highest BCUT2D eigenvalue weighted by Crippen LogP contribution is 2.35. The number of carboxylic acid groups (broad SMARTS) is 1. The van der Waals surface area contributed by atoms with Crippen LogP contribution in [-0.4, -0.2) is 45.4 Å². The van der Waals surface area contributed by atoms with Crippen LogP contribution in [0, 0.1) is 18.7 Å². The van der Waals surface area contributed by atoms with Crippen molar-refractivity contribution in [1.82, 2.24) is 15.3 Å². The lowest BCUT2D eigenvalue weighted by Crippen LogP contribution is -2.47. The van der Waals surface area contributed by atoms with Crippen molar-refractivity contribution in [3.8, 4) is 17.1 Å². The van der Waals surface area contributed by atoms with E-state index in [0.717, 1.165) is 30.3 Å². The summed E-state index contributed by atoms with van der Waals surface area (Å²) in [5.41, 5.74) is 1.66. The van der Waals surface area contributed by atoms with Gasteiger partial charge in [0, 0.05) is 24.5 Å². The standard InChI is InChI=1S/C24H27FN4O3.ClH/c1-3-18(27-24(31)32)15-6-5-11-29(13-15)23-16-10-9-14(2)12-19(16)26-22(28-23)21-17(25)7-4-8-20(21)30;/h4,7-10,12,15,18,27,30H,3,5-6,11,13H2,1-2H3,(H,31,32);1H. The first-order chi connectivity index (χ1) is 15.4. The Labute approximate surface area is 198 Å². The Bertz CT molecular complexity index is 1140. The lowest BCUT2D eigenvalue weighted by atomic mass is 9.89. The van der Waals surface area contributed by atoms with Crippen LogP contribution < -0.4 is 10.2 Å². The molecule has 1 aromatic heterocycles. The summed E-state index contributed by atoms with van der Waals surface area (Å²) in [6.07, 6.45) is 1.48. The number of fused-ring (bicyclic) bond motifs is 1. The molecule has 0 saturated carbocycles. The number of aromatic nitrogens is 2. The number of phenolic OH excluding ortho intramolecular Hbond substituents is 1. The minimum atomic E-state index is -1.02. The van der Waals surface area contributed by atoms with E-state index in [9.17, 15) is 19.4 Å². The molecule has 0 spiro atoms. The van der Waals surface area contributed by atoms with Gasteiger partial charge in [-0.3, -0.25) is 0 Å². The summed E-state index contributed by atoms with van der Waals surface area (Å²) in [6, 6.07) is 9.85. The van der Waals surface area contributed by atoms with Crippen LogP contribution in [0.1, 0.15) is 31.7 Å². The SMILES string of the molecule is CCC(NC(=O)O)C1CCCN(c2nc(-c3c(O)cccc3F)nc3cc(C)ccc23)C1.Cl. The molecule has 0 radical (unpaired) electrons. The highest BCUT2D eigenvalue weighted by molar-refractivity contribution is 5.92. The van der Waals surface area contributed by atoms with Crippen LogP contribution >= 0.6 is 12.4 Å². The predicted octanol–water partition coefficient (Wildman–Crippen LogP) is 5.13. The molecule has 9 heteroatoms. The van der Waals surface area contributed by atoms with Gasteiger partial charge in [-0.1, -0.05) is 19.1 Å². The number of benzene rings is 2. The monoisotopic (exact) mass is 474 g/mol. The van der Waals surface area contributed by atoms with Gasteiger partial charge in [-0.2, -0.15) is 0 Å². The zero-order valence-electron chi connectivity index (χ0n) is 18.6. The summed E-state index contributed by atoms with van der Waals surface area (Å²) in [7, 11) is 0. The molecule has 1 aliphatic rings. The number of rotatable bonds is 5. The van der Waals surface area contributed by atoms with E-state index in [2.05, 4.69) is 15.2 Å². The largest absolute Gasteiger partial charge is 0.507 e. The topological polar surface area (TPSA) is 98.6 Å². The predicted molar refractivity (Wildman–Crippen MR) is 129 cm³/mol. The molecule has 1 saturated heterocycles. The third-order valence-corrected chi connectivity index (χ3v) is 6.12. The number of piperidine rings is 1. The van der Waals surface area contributed by atoms with Gasteiger partial charge in [-0.05, 0) is 61.9 Å². The number of carbonyl (C=O) groups is 1. The van der Waals surface area contributed by atoms with Crippen LogP contribution in [0.3, 0.4) is 0 Å². The molecule has 1 aliphatic heterocycles. The lowest BCUT2D eigenvalue weighted by Gasteiger charge is -2.37. The first-order valence-electron chi connectivity index (χ1n) is 10.9. The van der Waals surface area contributed by atoms with Gasteiger partial charge in [0.25, 0.3) is 0 Å². The van der Waals surface area contributed by atoms with Crippen LogP contribution in [0.25, 0.3) is 22.3 Å². The first-order valence-corrected chi connectivity index (χ1v) is 10.9. The summed E-state index contributed by atoms with van der Waals surface area (Å²) in [5, 5.41) is 23.0.